The van der Waals surface area contributed by atoms with Crippen LogP contribution in [0.5, 0.6) is 5.75 Å². The van der Waals surface area contributed by atoms with Gasteiger partial charge in [0.05, 0.1) is 12.1 Å². The van der Waals surface area contributed by atoms with E-state index in [0.29, 0.717) is 17.4 Å². The first kappa shape index (κ1) is 17.9. The zero-order chi connectivity index (χ0) is 18.5. The second-order valence-corrected chi connectivity index (χ2v) is 5.79. The van der Waals surface area contributed by atoms with Crippen LogP contribution < -0.4 is 10.1 Å². The van der Waals surface area contributed by atoms with Crippen LogP contribution >= 0.6 is 11.6 Å². The van der Waals surface area contributed by atoms with E-state index < -0.39 is 12.5 Å². The van der Waals surface area contributed by atoms with E-state index >= 15 is 0 Å². The molecule has 3 rings (SSSR count). The summed E-state index contributed by atoms with van der Waals surface area (Å²) in [6, 6.07) is 14.7. The van der Waals surface area contributed by atoms with Crippen LogP contribution in [0.3, 0.4) is 0 Å². The number of hydrogen-bond donors (Lipinski definition) is 1. The van der Waals surface area contributed by atoms with Crippen LogP contribution in [0.15, 0.2) is 60.8 Å². The van der Waals surface area contributed by atoms with Gasteiger partial charge in [0.15, 0.2) is 5.82 Å². The standard InChI is InChI=1S/C18H14ClF2N3O2/c19-13-5-3-4-12(10-13)11-24-9-8-16(23-24)22-17(25)14-6-1-2-7-15(14)26-18(20)21/h1-10,18H,11H2,(H,22,23,25). The third-order valence-electron chi connectivity index (χ3n) is 3.46. The second kappa shape index (κ2) is 7.97. The fourth-order valence-corrected chi connectivity index (χ4v) is 2.59. The van der Waals surface area contributed by atoms with Gasteiger partial charge in [-0.2, -0.15) is 13.9 Å². The van der Waals surface area contributed by atoms with Crippen molar-refractivity contribution in [2.75, 3.05) is 5.32 Å². The van der Waals surface area contributed by atoms with Gasteiger partial charge in [-0.15, -0.1) is 0 Å². The number of carbonyl (C=O) groups excluding carboxylic acids is 1. The molecule has 1 N–H and O–H groups in total. The summed E-state index contributed by atoms with van der Waals surface area (Å²) in [7, 11) is 0. The predicted octanol–water partition coefficient (Wildman–Crippen LogP) is 4.44. The topological polar surface area (TPSA) is 56.2 Å². The normalized spacial score (nSPS) is 10.8. The molecule has 0 aliphatic heterocycles. The minimum Gasteiger partial charge on any atom is -0.434 e. The monoisotopic (exact) mass is 377 g/mol. The highest BCUT2D eigenvalue weighted by Crippen LogP contribution is 2.21. The number of nitrogens with zero attached hydrogens (tertiary/aromatic N) is 2. The van der Waals surface area contributed by atoms with Crippen LogP contribution in [0.25, 0.3) is 0 Å². The minimum atomic E-state index is -3.01. The molecular weight excluding hydrogens is 364 g/mol. The Labute approximate surface area is 153 Å². The maximum Gasteiger partial charge on any atom is 0.387 e. The van der Waals surface area contributed by atoms with Gasteiger partial charge in [-0.25, -0.2) is 0 Å². The molecule has 2 aromatic carbocycles. The molecule has 0 bridgehead atoms. The van der Waals surface area contributed by atoms with Crippen LogP contribution in [-0.2, 0) is 6.54 Å². The van der Waals surface area contributed by atoms with Crippen molar-refractivity contribution in [1.29, 1.82) is 0 Å². The summed E-state index contributed by atoms with van der Waals surface area (Å²) in [4.78, 5) is 12.3. The van der Waals surface area contributed by atoms with Gasteiger partial charge in [0, 0.05) is 17.3 Å². The molecule has 0 saturated heterocycles. The lowest BCUT2D eigenvalue weighted by molar-refractivity contribution is -0.0501. The Morgan fingerprint density at radius 3 is 2.77 bits per heavy atom. The van der Waals surface area contributed by atoms with E-state index in [1.807, 2.05) is 18.2 Å². The van der Waals surface area contributed by atoms with Gasteiger partial charge >= 0.3 is 6.61 Å². The molecule has 0 aliphatic carbocycles. The van der Waals surface area contributed by atoms with Crippen molar-refractivity contribution >= 4 is 23.3 Å². The predicted molar refractivity (Wildman–Crippen MR) is 93.8 cm³/mol. The smallest absolute Gasteiger partial charge is 0.387 e. The number of para-hydroxylation sites is 1. The summed E-state index contributed by atoms with van der Waals surface area (Å²) in [5, 5.41) is 7.44. The molecule has 5 nitrogen and oxygen atoms in total. The summed E-state index contributed by atoms with van der Waals surface area (Å²) >= 11 is 5.95. The van der Waals surface area contributed by atoms with Crippen molar-refractivity contribution in [3.63, 3.8) is 0 Å². The number of aromatic nitrogens is 2. The Morgan fingerprint density at radius 1 is 1.19 bits per heavy atom. The number of amides is 1. The second-order valence-electron chi connectivity index (χ2n) is 5.36. The SMILES string of the molecule is O=C(Nc1ccn(Cc2cccc(Cl)c2)n1)c1ccccc1OC(F)F. The van der Waals surface area contributed by atoms with Gasteiger partial charge in [0.1, 0.15) is 5.75 Å². The number of nitrogens with one attached hydrogen (secondary N) is 1. The lowest BCUT2D eigenvalue weighted by Gasteiger charge is -2.09. The quantitative estimate of drug-likeness (QED) is 0.691. The third kappa shape index (κ3) is 4.58. The van der Waals surface area contributed by atoms with Crippen LogP contribution in [0, 0.1) is 0 Å². The fraction of sp³-hybridized carbons (Fsp3) is 0.111. The van der Waals surface area contributed by atoms with Crippen LogP contribution in [0.2, 0.25) is 5.02 Å². The van der Waals surface area contributed by atoms with Crippen molar-refractivity contribution in [1.82, 2.24) is 9.78 Å². The van der Waals surface area contributed by atoms with Gasteiger partial charge in [0.25, 0.3) is 5.91 Å². The largest absolute Gasteiger partial charge is 0.434 e. The van der Waals surface area contributed by atoms with Gasteiger partial charge in [-0.3, -0.25) is 9.48 Å². The Bertz CT molecular complexity index is 915. The molecule has 0 fully saturated rings. The summed E-state index contributed by atoms with van der Waals surface area (Å²) in [6.45, 7) is -2.54. The molecule has 3 aromatic rings. The molecule has 0 spiro atoms. The fourth-order valence-electron chi connectivity index (χ4n) is 2.38. The molecule has 0 atom stereocenters. The van der Waals surface area contributed by atoms with Gasteiger partial charge in [-0.1, -0.05) is 35.9 Å². The first-order valence-electron chi connectivity index (χ1n) is 7.64. The number of anilines is 1. The van der Waals surface area contributed by atoms with Crippen molar-refractivity contribution in [2.24, 2.45) is 0 Å². The molecule has 134 valence electrons. The van der Waals surface area contributed by atoms with E-state index in [9.17, 15) is 13.6 Å². The molecule has 0 radical (unpaired) electrons. The lowest BCUT2D eigenvalue weighted by atomic mass is 10.2. The molecule has 1 heterocycles. The first-order valence-corrected chi connectivity index (χ1v) is 8.02. The summed E-state index contributed by atoms with van der Waals surface area (Å²) < 4.78 is 30.9. The Kier molecular flexibility index (Phi) is 5.48. The van der Waals surface area contributed by atoms with Crippen molar-refractivity contribution < 1.29 is 18.3 Å². The first-order chi connectivity index (χ1) is 12.5. The molecule has 0 unspecified atom stereocenters. The summed E-state index contributed by atoms with van der Waals surface area (Å²) in [5.74, 6) is -0.489. The van der Waals surface area contributed by atoms with Gasteiger partial charge in [0.2, 0.25) is 0 Å². The highest BCUT2D eigenvalue weighted by molar-refractivity contribution is 6.30. The number of carbonyl (C=O) groups is 1. The third-order valence-corrected chi connectivity index (χ3v) is 3.70. The van der Waals surface area contributed by atoms with Crippen molar-refractivity contribution in [2.45, 2.75) is 13.2 Å². The number of alkyl halides is 2. The highest BCUT2D eigenvalue weighted by Gasteiger charge is 2.16. The number of benzene rings is 2. The highest BCUT2D eigenvalue weighted by atomic mass is 35.5. The number of rotatable bonds is 6. The summed E-state index contributed by atoms with van der Waals surface area (Å²) in [5.41, 5.74) is 0.950. The molecular formula is C18H14ClF2N3O2. The average molecular weight is 378 g/mol. The molecule has 0 aliphatic rings. The minimum absolute atomic E-state index is 0.00260. The van der Waals surface area contributed by atoms with E-state index in [1.165, 1.54) is 18.2 Å². The van der Waals surface area contributed by atoms with Crippen LogP contribution in [0.1, 0.15) is 15.9 Å². The maximum absolute atomic E-state index is 12.5. The van der Waals surface area contributed by atoms with Crippen molar-refractivity contribution in [3.8, 4) is 5.75 Å². The molecule has 0 saturated carbocycles. The number of ether oxygens (including phenoxy) is 1. The molecule has 26 heavy (non-hydrogen) atoms. The number of hydrogen-bond acceptors (Lipinski definition) is 3. The van der Waals surface area contributed by atoms with E-state index in [1.54, 1.807) is 29.1 Å². The maximum atomic E-state index is 12.5. The number of halogens is 3. The van der Waals surface area contributed by atoms with Gasteiger partial charge < -0.3 is 10.1 Å². The average Bonchev–Trinajstić information content (AvgIpc) is 3.01. The van der Waals surface area contributed by atoms with Crippen LogP contribution in [-0.4, -0.2) is 22.3 Å². The summed E-state index contributed by atoms with van der Waals surface area (Å²) in [6.07, 6.45) is 1.69. The Balaban J connectivity index is 1.70. The van der Waals surface area contributed by atoms with Crippen molar-refractivity contribution in [3.05, 3.63) is 76.9 Å². The van der Waals surface area contributed by atoms with E-state index in [4.69, 9.17) is 11.6 Å². The molecule has 8 heteroatoms. The lowest BCUT2D eigenvalue weighted by Crippen LogP contribution is -2.15. The zero-order valence-electron chi connectivity index (χ0n) is 13.4. The van der Waals surface area contributed by atoms with Crippen LogP contribution in [0.4, 0.5) is 14.6 Å². The Morgan fingerprint density at radius 2 is 2.00 bits per heavy atom. The molecule has 1 amide bonds. The van der Waals surface area contributed by atoms with Gasteiger partial charge in [-0.05, 0) is 29.8 Å². The molecule has 1 aromatic heterocycles. The van der Waals surface area contributed by atoms with E-state index in [0.717, 1.165) is 5.56 Å². The Hall–Kier alpha value is -2.93. The zero-order valence-corrected chi connectivity index (χ0v) is 14.2. The van der Waals surface area contributed by atoms with E-state index in [2.05, 4.69) is 15.2 Å². The van der Waals surface area contributed by atoms with E-state index in [-0.39, 0.29) is 11.3 Å².